The monoisotopic (exact) mass is 378 g/mol. The average Bonchev–Trinajstić information content (AvgIpc) is 3.33. The summed E-state index contributed by atoms with van der Waals surface area (Å²) in [5.41, 5.74) is 1.87. The van der Waals surface area contributed by atoms with Crippen LogP contribution in [0.15, 0.2) is 41.3 Å². The lowest BCUT2D eigenvalue weighted by atomic mass is 10.1. The number of carbonyl (C=O) groups is 1. The molecule has 1 fully saturated rings. The number of nitrogens with zero attached hydrogens (tertiary/aromatic N) is 1. The molecule has 1 heterocycles. The molecule has 0 saturated heterocycles. The summed E-state index contributed by atoms with van der Waals surface area (Å²) in [6.07, 6.45) is 2.50. The van der Waals surface area contributed by atoms with Crippen LogP contribution in [0.4, 0.5) is 20.2 Å². The van der Waals surface area contributed by atoms with Gasteiger partial charge < -0.3 is 4.90 Å². The minimum absolute atomic E-state index is 0.0633. The van der Waals surface area contributed by atoms with Crippen LogP contribution >= 0.6 is 0 Å². The molecule has 2 aliphatic rings. The molecule has 0 unspecified atom stereocenters. The van der Waals surface area contributed by atoms with E-state index in [-0.39, 0.29) is 17.5 Å². The highest BCUT2D eigenvalue weighted by molar-refractivity contribution is 7.92. The van der Waals surface area contributed by atoms with Crippen molar-refractivity contribution in [2.45, 2.75) is 24.2 Å². The second-order valence-corrected chi connectivity index (χ2v) is 8.19. The molecule has 1 amide bonds. The van der Waals surface area contributed by atoms with Gasteiger partial charge >= 0.3 is 0 Å². The summed E-state index contributed by atoms with van der Waals surface area (Å²) in [7, 11) is -4.22. The fourth-order valence-electron chi connectivity index (χ4n) is 3.13. The average molecular weight is 378 g/mol. The van der Waals surface area contributed by atoms with Gasteiger partial charge in [-0.25, -0.2) is 17.2 Å². The van der Waals surface area contributed by atoms with E-state index < -0.39 is 26.6 Å². The molecule has 0 radical (unpaired) electrons. The maximum Gasteiger partial charge on any atom is 0.264 e. The Kier molecular flexibility index (Phi) is 3.95. The van der Waals surface area contributed by atoms with Gasteiger partial charge in [-0.2, -0.15) is 0 Å². The van der Waals surface area contributed by atoms with Gasteiger partial charge in [0.05, 0.1) is 5.69 Å². The van der Waals surface area contributed by atoms with Gasteiger partial charge in [0.25, 0.3) is 10.0 Å². The second kappa shape index (κ2) is 6.05. The third-order valence-corrected chi connectivity index (χ3v) is 6.02. The first-order valence-corrected chi connectivity index (χ1v) is 9.76. The van der Waals surface area contributed by atoms with E-state index in [0.29, 0.717) is 24.7 Å². The van der Waals surface area contributed by atoms with E-state index in [1.807, 2.05) is 0 Å². The number of fused-ring (bicyclic) bond motifs is 1. The van der Waals surface area contributed by atoms with Crippen LogP contribution in [0.3, 0.4) is 0 Å². The molecule has 26 heavy (non-hydrogen) atoms. The van der Waals surface area contributed by atoms with Crippen LogP contribution in [0.1, 0.15) is 18.4 Å². The van der Waals surface area contributed by atoms with E-state index in [2.05, 4.69) is 4.72 Å². The number of benzene rings is 2. The van der Waals surface area contributed by atoms with Crippen LogP contribution in [0, 0.1) is 17.6 Å². The Hall–Kier alpha value is -2.48. The standard InChI is InChI=1S/C18H16F2N2O3S/c19-13-4-6-17(15(20)9-13)26(24,25)21-14-5-3-11-7-8-22(16(11)10-14)18(23)12-1-2-12/h3-6,9-10,12,21H,1-2,7-8H2. The van der Waals surface area contributed by atoms with E-state index in [1.165, 1.54) is 0 Å². The predicted molar refractivity (Wildman–Crippen MR) is 92.4 cm³/mol. The van der Waals surface area contributed by atoms with Gasteiger partial charge in [0, 0.05) is 24.2 Å². The Morgan fingerprint density at radius 3 is 2.58 bits per heavy atom. The van der Waals surface area contributed by atoms with E-state index >= 15 is 0 Å². The van der Waals surface area contributed by atoms with Crippen molar-refractivity contribution < 1.29 is 22.0 Å². The summed E-state index contributed by atoms with van der Waals surface area (Å²) in [6.45, 7) is 0.577. The summed E-state index contributed by atoms with van der Waals surface area (Å²) in [5, 5.41) is 0. The van der Waals surface area contributed by atoms with Gasteiger partial charge in [0.1, 0.15) is 16.5 Å². The van der Waals surface area contributed by atoms with Crippen molar-refractivity contribution >= 4 is 27.3 Å². The van der Waals surface area contributed by atoms with Crippen LogP contribution in [0.2, 0.25) is 0 Å². The summed E-state index contributed by atoms with van der Waals surface area (Å²) < 4.78 is 54.0. The molecule has 0 bridgehead atoms. The van der Waals surface area contributed by atoms with Crippen molar-refractivity contribution in [2.24, 2.45) is 5.92 Å². The molecule has 136 valence electrons. The third-order valence-electron chi connectivity index (χ3n) is 4.61. The number of anilines is 2. The lowest BCUT2D eigenvalue weighted by Gasteiger charge is -2.18. The molecule has 0 aromatic heterocycles. The fraction of sp³-hybridized carbons (Fsp3) is 0.278. The first kappa shape index (κ1) is 17.0. The van der Waals surface area contributed by atoms with Crippen molar-refractivity contribution in [1.82, 2.24) is 0 Å². The highest BCUT2D eigenvalue weighted by atomic mass is 32.2. The van der Waals surface area contributed by atoms with Crippen molar-refractivity contribution in [1.29, 1.82) is 0 Å². The Morgan fingerprint density at radius 1 is 1.12 bits per heavy atom. The highest BCUT2D eigenvalue weighted by Crippen LogP contribution is 2.37. The quantitative estimate of drug-likeness (QED) is 0.889. The van der Waals surface area contributed by atoms with Crippen LogP contribution in [0.5, 0.6) is 0 Å². The number of sulfonamides is 1. The minimum Gasteiger partial charge on any atom is -0.312 e. The molecule has 2 aromatic rings. The summed E-state index contributed by atoms with van der Waals surface area (Å²) in [6, 6.07) is 7.20. The third kappa shape index (κ3) is 3.05. The van der Waals surface area contributed by atoms with Crippen LogP contribution in [-0.2, 0) is 21.2 Å². The second-order valence-electron chi connectivity index (χ2n) is 6.54. The summed E-state index contributed by atoms with van der Waals surface area (Å²) in [5.74, 6) is -1.89. The molecule has 0 spiro atoms. The van der Waals surface area contributed by atoms with Gasteiger partial charge in [-0.3, -0.25) is 9.52 Å². The van der Waals surface area contributed by atoms with Crippen molar-refractivity contribution in [3.05, 3.63) is 53.6 Å². The molecule has 1 N–H and O–H groups in total. The normalized spacial score (nSPS) is 16.5. The predicted octanol–water partition coefficient (Wildman–Crippen LogP) is 3.06. The van der Waals surface area contributed by atoms with Gasteiger partial charge in [-0.05, 0) is 49.1 Å². The molecule has 4 rings (SSSR count). The maximum absolute atomic E-state index is 13.8. The molecule has 0 atom stereocenters. The maximum atomic E-state index is 13.8. The van der Waals surface area contributed by atoms with Gasteiger partial charge in [-0.1, -0.05) is 6.07 Å². The topological polar surface area (TPSA) is 66.5 Å². The zero-order valence-corrected chi connectivity index (χ0v) is 14.5. The number of hydrogen-bond donors (Lipinski definition) is 1. The zero-order valence-electron chi connectivity index (χ0n) is 13.7. The van der Waals surface area contributed by atoms with Gasteiger partial charge in [0.2, 0.25) is 5.91 Å². The molecule has 1 aliphatic heterocycles. The number of carbonyl (C=O) groups excluding carboxylic acids is 1. The number of rotatable bonds is 4. The Balaban J connectivity index is 1.63. The molecule has 1 aliphatic carbocycles. The van der Waals surface area contributed by atoms with Crippen molar-refractivity contribution in [2.75, 3.05) is 16.2 Å². The minimum atomic E-state index is -4.22. The van der Waals surface area contributed by atoms with Crippen LogP contribution in [-0.4, -0.2) is 20.9 Å². The summed E-state index contributed by atoms with van der Waals surface area (Å²) >= 11 is 0. The molecule has 5 nitrogen and oxygen atoms in total. The smallest absolute Gasteiger partial charge is 0.264 e. The zero-order chi connectivity index (χ0) is 18.5. The van der Waals surface area contributed by atoms with Gasteiger partial charge in [0.15, 0.2) is 0 Å². The molecular weight excluding hydrogens is 362 g/mol. The Morgan fingerprint density at radius 2 is 1.88 bits per heavy atom. The Bertz CT molecular complexity index is 1000. The van der Waals surface area contributed by atoms with Crippen LogP contribution in [0.25, 0.3) is 0 Å². The van der Waals surface area contributed by atoms with Crippen molar-refractivity contribution in [3.63, 3.8) is 0 Å². The number of amides is 1. The van der Waals surface area contributed by atoms with E-state index in [9.17, 15) is 22.0 Å². The summed E-state index contributed by atoms with van der Waals surface area (Å²) in [4.78, 5) is 13.4. The van der Waals surface area contributed by atoms with E-state index in [0.717, 1.165) is 30.5 Å². The number of halogens is 2. The first-order valence-electron chi connectivity index (χ1n) is 8.27. The lowest BCUT2D eigenvalue weighted by Crippen LogP contribution is -2.30. The van der Waals surface area contributed by atoms with Gasteiger partial charge in [-0.15, -0.1) is 0 Å². The molecule has 2 aromatic carbocycles. The fourth-order valence-corrected chi connectivity index (χ4v) is 4.24. The molecule has 1 saturated carbocycles. The van der Waals surface area contributed by atoms with E-state index in [1.54, 1.807) is 23.1 Å². The highest BCUT2D eigenvalue weighted by Gasteiger charge is 2.36. The largest absolute Gasteiger partial charge is 0.312 e. The Labute approximate surface area is 149 Å². The van der Waals surface area contributed by atoms with E-state index in [4.69, 9.17) is 0 Å². The first-order chi connectivity index (χ1) is 12.3. The molecular formula is C18H16F2N2O3S. The number of hydrogen-bond acceptors (Lipinski definition) is 3. The lowest BCUT2D eigenvalue weighted by molar-refractivity contribution is -0.119. The number of nitrogens with one attached hydrogen (secondary N) is 1. The van der Waals surface area contributed by atoms with Crippen molar-refractivity contribution in [3.8, 4) is 0 Å². The van der Waals surface area contributed by atoms with Crippen LogP contribution < -0.4 is 9.62 Å². The SMILES string of the molecule is O=C(C1CC1)N1CCc2ccc(NS(=O)(=O)c3ccc(F)cc3F)cc21. The molecule has 8 heteroatoms.